The number of hydrogen-bond acceptors (Lipinski definition) is 6. The largest absolute Gasteiger partial charge is 0.465 e. The first-order valence-corrected chi connectivity index (χ1v) is 9.98. The molecule has 1 saturated heterocycles. The first-order valence-electron chi connectivity index (χ1n) is 9.98. The molecule has 1 N–H and O–H groups in total. The Bertz CT molecular complexity index is 919. The van der Waals surface area contributed by atoms with Crippen molar-refractivity contribution >= 4 is 23.3 Å². The summed E-state index contributed by atoms with van der Waals surface area (Å²) >= 11 is 0. The van der Waals surface area contributed by atoms with Crippen LogP contribution < -0.4 is 5.32 Å². The Hall–Kier alpha value is -3.42. The highest BCUT2D eigenvalue weighted by atomic mass is 16.6. The molecule has 0 unspecified atom stereocenters. The van der Waals surface area contributed by atoms with Crippen molar-refractivity contribution in [2.24, 2.45) is 0 Å². The molecule has 1 aliphatic rings. The number of rotatable bonds is 6. The number of nitrogens with one attached hydrogen (secondary N) is 1. The summed E-state index contributed by atoms with van der Waals surface area (Å²) in [5, 5.41) is 14.5. The average molecular weight is 411 g/mol. The van der Waals surface area contributed by atoms with Crippen LogP contribution in [0.4, 0.5) is 11.4 Å². The van der Waals surface area contributed by atoms with E-state index in [-0.39, 0.29) is 17.3 Å². The van der Waals surface area contributed by atoms with E-state index < -0.39 is 10.9 Å². The highest BCUT2D eigenvalue weighted by Crippen LogP contribution is 2.27. The van der Waals surface area contributed by atoms with Crippen LogP contribution in [-0.2, 0) is 11.3 Å². The van der Waals surface area contributed by atoms with Crippen molar-refractivity contribution in [3.63, 3.8) is 0 Å². The molecule has 8 heteroatoms. The van der Waals surface area contributed by atoms with Crippen LogP contribution in [0.1, 0.15) is 52.0 Å². The number of carbonyl (C=O) groups is 2. The minimum atomic E-state index is -0.469. The Morgan fingerprint density at radius 2 is 1.67 bits per heavy atom. The van der Waals surface area contributed by atoms with Crippen LogP contribution in [0, 0.1) is 10.1 Å². The summed E-state index contributed by atoms with van der Waals surface area (Å²) in [4.78, 5) is 37.2. The number of nitro groups is 1. The SMILES string of the molecule is COC(=O)c1ccc(CNc2cc(C(=O)N3CCCCCC3)ccc2[N+](=O)[O-])cc1. The van der Waals surface area contributed by atoms with E-state index in [0.717, 1.165) is 31.2 Å². The fourth-order valence-electron chi connectivity index (χ4n) is 3.50. The molecule has 1 heterocycles. The molecule has 158 valence electrons. The average Bonchev–Trinajstić information content (AvgIpc) is 3.06. The van der Waals surface area contributed by atoms with E-state index in [0.29, 0.717) is 30.8 Å². The van der Waals surface area contributed by atoms with Gasteiger partial charge >= 0.3 is 5.97 Å². The van der Waals surface area contributed by atoms with Gasteiger partial charge in [0.15, 0.2) is 0 Å². The molecule has 0 bridgehead atoms. The molecule has 8 nitrogen and oxygen atoms in total. The molecule has 1 amide bonds. The Kier molecular flexibility index (Phi) is 7.00. The van der Waals surface area contributed by atoms with Gasteiger partial charge in [0.05, 0.1) is 17.6 Å². The van der Waals surface area contributed by atoms with Gasteiger partial charge in [-0.2, -0.15) is 0 Å². The zero-order valence-electron chi connectivity index (χ0n) is 16.9. The fourth-order valence-corrected chi connectivity index (χ4v) is 3.50. The number of ether oxygens (including phenoxy) is 1. The van der Waals surface area contributed by atoms with E-state index in [2.05, 4.69) is 10.1 Å². The summed E-state index contributed by atoms with van der Waals surface area (Å²) in [6, 6.07) is 11.2. The summed E-state index contributed by atoms with van der Waals surface area (Å²) in [5.74, 6) is -0.526. The van der Waals surface area contributed by atoms with E-state index in [4.69, 9.17) is 0 Å². The summed E-state index contributed by atoms with van der Waals surface area (Å²) in [6.45, 7) is 1.74. The van der Waals surface area contributed by atoms with Crippen LogP contribution in [0.2, 0.25) is 0 Å². The van der Waals surface area contributed by atoms with Gasteiger partial charge in [0.1, 0.15) is 5.69 Å². The molecule has 0 spiro atoms. The molecule has 0 aliphatic carbocycles. The lowest BCUT2D eigenvalue weighted by atomic mass is 10.1. The van der Waals surface area contributed by atoms with Gasteiger partial charge in [-0.3, -0.25) is 14.9 Å². The Morgan fingerprint density at radius 3 is 2.27 bits per heavy atom. The predicted octanol–water partition coefficient (Wildman–Crippen LogP) is 4.01. The Balaban J connectivity index is 1.76. The normalized spacial score (nSPS) is 14.0. The number of hydrogen-bond donors (Lipinski definition) is 1. The maximum atomic E-state index is 12.9. The third kappa shape index (κ3) is 5.14. The Morgan fingerprint density at radius 1 is 1.03 bits per heavy atom. The highest BCUT2D eigenvalue weighted by molar-refractivity contribution is 5.96. The van der Waals surface area contributed by atoms with Gasteiger partial charge in [-0.25, -0.2) is 4.79 Å². The monoisotopic (exact) mass is 411 g/mol. The van der Waals surface area contributed by atoms with Crippen molar-refractivity contribution in [2.75, 3.05) is 25.5 Å². The molecule has 2 aromatic carbocycles. The molecule has 30 heavy (non-hydrogen) atoms. The third-order valence-electron chi connectivity index (χ3n) is 5.19. The van der Waals surface area contributed by atoms with E-state index >= 15 is 0 Å². The number of carbonyl (C=O) groups excluding carboxylic acids is 2. The van der Waals surface area contributed by atoms with Crippen molar-refractivity contribution in [3.8, 4) is 0 Å². The van der Waals surface area contributed by atoms with Crippen LogP contribution in [0.3, 0.4) is 0 Å². The van der Waals surface area contributed by atoms with Gasteiger partial charge in [0.25, 0.3) is 11.6 Å². The van der Waals surface area contributed by atoms with Gasteiger partial charge in [-0.05, 0) is 42.7 Å². The zero-order valence-corrected chi connectivity index (χ0v) is 16.9. The standard InChI is InChI=1S/C22H25N3O5/c1-30-22(27)17-8-6-16(7-9-17)15-23-19-14-18(10-11-20(19)25(28)29)21(26)24-12-4-2-3-5-13-24/h6-11,14,23H,2-5,12-13,15H2,1H3. The lowest BCUT2D eigenvalue weighted by molar-refractivity contribution is -0.384. The summed E-state index contributed by atoms with van der Waals surface area (Å²) in [6.07, 6.45) is 4.19. The Labute approximate surface area is 175 Å². The zero-order chi connectivity index (χ0) is 21.5. The van der Waals surface area contributed by atoms with Gasteiger partial charge in [-0.1, -0.05) is 25.0 Å². The van der Waals surface area contributed by atoms with Crippen molar-refractivity contribution in [3.05, 3.63) is 69.3 Å². The minimum absolute atomic E-state index is 0.0893. The van der Waals surface area contributed by atoms with Crippen molar-refractivity contribution in [1.29, 1.82) is 0 Å². The molecule has 0 radical (unpaired) electrons. The van der Waals surface area contributed by atoms with Crippen molar-refractivity contribution in [2.45, 2.75) is 32.2 Å². The van der Waals surface area contributed by atoms with Crippen LogP contribution in [0.15, 0.2) is 42.5 Å². The number of likely N-dealkylation sites (tertiary alicyclic amines) is 1. The van der Waals surface area contributed by atoms with Crippen LogP contribution in [0.5, 0.6) is 0 Å². The smallest absolute Gasteiger partial charge is 0.337 e. The number of amides is 1. The second kappa shape index (κ2) is 9.87. The minimum Gasteiger partial charge on any atom is -0.465 e. The molecule has 2 aromatic rings. The maximum Gasteiger partial charge on any atom is 0.337 e. The van der Waals surface area contributed by atoms with Crippen molar-refractivity contribution < 1.29 is 19.2 Å². The van der Waals surface area contributed by atoms with Gasteiger partial charge in [0.2, 0.25) is 0 Å². The van der Waals surface area contributed by atoms with Crippen LogP contribution in [-0.4, -0.2) is 41.9 Å². The highest BCUT2D eigenvalue weighted by Gasteiger charge is 2.21. The molecule has 0 saturated carbocycles. The molecule has 1 aliphatic heterocycles. The van der Waals surface area contributed by atoms with E-state index in [1.165, 1.54) is 19.2 Å². The van der Waals surface area contributed by atoms with Gasteiger partial charge < -0.3 is 15.0 Å². The second-order valence-electron chi connectivity index (χ2n) is 7.24. The number of anilines is 1. The summed E-state index contributed by atoms with van der Waals surface area (Å²) < 4.78 is 4.68. The number of esters is 1. The lowest BCUT2D eigenvalue weighted by Crippen LogP contribution is -2.31. The number of nitro benzene ring substituents is 1. The van der Waals surface area contributed by atoms with Gasteiger partial charge in [0, 0.05) is 31.3 Å². The number of benzene rings is 2. The molecule has 1 fully saturated rings. The lowest BCUT2D eigenvalue weighted by Gasteiger charge is -2.20. The first kappa shape index (κ1) is 21.3. The molecular formula is C22H25N3O5. The molecule has 0 atom stereocenters. The van der Waals surface area contributed by atoms with Crippen LogP contribution >= 0.6 is 0 Å². The molecule has 0 aromatic heterocycles. The fraction of sp³-hybridized carbons (Fsp3) is 0.364. The number of nitrogens with zero attached hydrogens (tertiary/aromatic N) is 2. The summed E-state index contributed by atoms with van der Waals surface area (Å²) in [7, 11) is 1.32. The molecule has 3 rings (SSSR count). The quantitative estimate of drug-likeness (QED) is 0.438. The summed E-state index contributed by atoms with van der Waals surface area (Å²) in [5.41, 5.74) is 1.90. The van der Waals surface area contributed by atoms with E-state index in [1.807, 2.05) is 4.90 Å². The van der Waals surface area contributed by atoms with E-state index in [9.17, 15) is 19.7 Å². The topological polar surface area (TPSA) is 102 Å². The van der Waals surface area contributed by atoms with Gasteiger partial charge in [-0.15, -0.1) is 0 Å². The third-order valence-corrected chi connectivity index (χ3v) is 5.19. The van der Waals surface area contributed by atoms with Crippen LogP contribution in [0.25, 0.3) is 0 Å². The number of methoxy groups -OCH3 is 1. The van der Waals surface area contributed by atoms with E-state index in [1.54, 1.807) is 30.3 Å². The second-order valence-corrected chi connectivity index (χ2v) is 7.24. The predicted molar refractivity (Wildman–Crippen MR) is 113 cm³/mol. The molecular weight excluding hydrogens is 386 g/mol. The maximum absolute atomic E-state index is 12.9. The first-order chi connectivity index (χ1) is 14.5. The van der Waals surface area contributed by atoms with Crippen molar-refractivity contribution in [1.82, 2.24) is 4.90 Å².